The monoisotopic (exact) mass is 260 g/mol. The van der Waals surface area contributed by atoms with Gasteiger partial charge in [0, 0.05) is 6.54 Å². The van der Waals surface area contributed by atoms with Crippen molar-refractivity contribution in [3.05, 3.63) is 29.6 Å². The fourth-order valence-corrected chi connectivity index (χ4v) is 2.30. The molecule has 0 atom stereocenters. The lowest BCUT2D eigenvalue weighted by Crippen LogP contribution is -2.23. The van der Waals surface area contributed by atoms with Crippen molar-refractivity contribution >= 4 is 11.0 Å². The van der Waals surface area contributed by atoms with Crippen molar-refractivity contribution in [2.24, 2.45) is 5.73 Å². The topological polar surface area (TPSA) is 57.9 Å². The van der Waals surface area contributed by atoms with Crippen molar-refractivity contribution in [1.82, 2.24) is 14.9 Å². The van der Waals surface area contributed by atoms with Crippen LogP contribution in [0, 0.1) is 6.92 Å². The fourth-order valence-electron chi connectivity index (χ4n) is 2.30. The molecule has 0 saturated carbocycles. The molecule has 1 heterocycles. The van der Waals surface area contributed by atoms with Gasteiger partial charge in [-0.3, -0.25) is 0 Å². The highest BCUT2D eigenvalue weighted by Gasteiger charge is 2.03. The number of imidazole rings is 1. The van der Waals surface area contributed by atoms with Gasteiger partial charge >= 0.3 is 0 Å². The van der Waals surface area contributed by atoms with Crippen molar-refractivity contribution in [2.45, 2.75) is 26.2 Å². The van der Waals surface area contributed by atoms with Crippen molar-refractivity contribution in [3.8, 4) is 0 Å². The van der Waals surface area contributed by atoms with E-state index in [4.69, 9.17) is 5.73 Å². The zero-order valence-corrected chi connectivity index (χ0v) is 11.9. The molecule has 1 aromatic carbocycles. The molecule has 4 nitrogen and oxygen atoms in total. The van der Waals surface area contributed by atoms with Gasteiger partial charge in [-0.15, -0.1) is 0 Å². The lowest BCUT2D eigenvalue weighted by atomic mass is 10.1. The van der Waals surface area contributed by atoms with E-state index in [0.717, 1.165) is 49.3 Å². The first-order valence-corrected chi connectivity index (χ1v) is 7.03. The van der Waals surface area contributed by atoms with E-state index in [1.54, 1.807) is 0 Å². The predicted molar refractivity (Wildman–Crippen MR) is 80.3 cm³/mol. The van der Waals surface area contributed by atoms with Crippen LogP contribution in [0.15, 0.2) is 18.2 Å². The smallest absolute Gasteiger partial charge is 0.104 e. The first-order chi connectivity index (χ1) is 9.19. The quantitative estimate of drug-likeness (QED) is 0.749. The molecule has 3 N–H and O–H groups in total. The van der Waals surface area contributed by atoms with E-state index in [9.17, 15) is 0 Å². The van der Waals surface area contributed by atoms with Crippen LogP contribution in [0.1, 0.15) is 24.2 Å². The average molecular weight is 260 g/mol. The molecule has 2 rings (SSSR count). The maximum atomic E-state index is 5.51. The van der Waals surface area contributed by atoms with Crippen LogP contribution in [0.4, 0.5) is 0 Å². The largest absolute Gasteiger partial charge is 0.342 e. The number of H-pyrrole nitrogens is 1. The number of benzene rings is 1. The summed E-state index contributed by atoms with van der Waals surface area (Å²) in [5.74, 6) is 0.978. The van der Waals surface area contributed by atoms with Crippen LogP contribution >= 0.6 is 0 Å². The maximum Gasteiger partial charge on any atom is 0.104 e. The molecule has 0 aliphatic heterocycles. The summed E-state index contributed by atoms with van der Waals surface area (Å²) in [6.45, 7) is 5.00. The van der Waals surface area contributed by atoms with E-state index in [2.05, 4.69) is 40.1 Å². The van der Waals surface area contributed by atoms with Crippen LogP contribution in [-0.2, 0) is 6.42 Å². The number of hydrogen-bond donors (Lipinski definition) is 2. The lowest BCUT2D eigenvalue weighted by Gasteiger charge is -2.16. The summed E-state index contributed by atoms with van der Waals surface area (Å²) in [6, 6.07) is 6.49. The van der Waals surface area contributed by atoms with Gasteiger partial charge in [0.05, 0.1) is 11.0 Å². The molecule has 19 heavy (non-hydrogen) atoms. The summed E-state index contributed by atoms with van der Waals surface area (Å²) in [7, 11) is 2.18. The van der Waals surface area contributed by atoms with Crippen LogP contribution in [0.2, 0.25) is 0 Å². The SMILES string of the molecule is Cc1nc2ccc(CCN(C)CCCCN)cc2[nH]1. The second-order valence-corrected chi connectivity index (χ2v) is 5.22. The number of nitrogens with two attached hydrogens (primary N) is 1. The number of aryl methyl sites for hydroxylation is 1. The summed E-state index contributed by atoms with van der Waals surface area (Å²) in [4.78, 5) is 10.1. The highest BCUT2D eigenvalue weighted by molar-refractivity contribution is 5.75. The standard InChI is InChI=1S/C15H24N4/c1-12-17-14-6-5-13(11-15(14)18-12)7-10-19(2)9-4-3-8-16/h5-6,11H,3-4,7-10,16H2,1-2H3,(H,17,18). The minimum Gasteiger partial charge on any atom is -0.342 e. The highest BCUT2D eigenvalue weighted by Crippen LogP contribution is 2.14. The fraction of sp³-hybridized carbons (Fsp3) is 0.533. The van der Waals surface area contributed by atoms with Gasteiger partial charge in [-0.2, -0.15) is 0 Å². The first-order valence-electron chi connectivity index (χ1n) is 7.03. The van der Waals surface area contributed by atoms with Crippen LogP contribution in [0.5, 0.6) is 0 Å². The molecular weight excluding hydrogens is 236 g/mol. The normalized spacial score (nSPS) is 11.6. The summed E-state index contributed by atoms with van der Waals surface area (Å²) in [5, 5.41) is 0. The molecule has 0 radical (unpaired) electrons. The Morgan fingerprint density at radius 2 is 2.11 bits per heavy atom. The van der Waals surface area contributed by atoms with E-state index in [-0.39, 0.29) is 0 Å². The molecule has 0 saturated heterocycles. The molecule has 104 valence electrons. The van der Waals surface area contributed by atoms with Crippen molar-refractivity contribution in [3.63, 3.8) is 0 Å². The zero-order valence-electron chi connectivity index (χ0n) is 11.9. The van der Waals surface area contributed by atoms with Crippen LogP contribution in [-0.4, -0.2) is 41.5 Å². The minimum atomic E-state index is 0.795. The molecule has 0 unspecified atom stereocenters. The maximum absolute atomic E-state index is 5.51. The minimum absolute atomic E-state index is 0.795. The van der Waals surface area contributed by atoms with E-state index < -0.39 is 0 Å². The molecule has 0 aliphatic rings. The molecule has 4 heteroatoms. The Bertz CT molecular complexity index is 518. The lowest BCUT2D eigenvalue weighted by molar-refractivity contribution is 0.331. The van der Waals surface area contributed by atoms with Gasteiger partial charge in [0.2, 0.25) is 0 Å². The third kappa shape index (κ3) is 4.04. The third-order valence-corrected chi connectivity index (χ3v) is 3.44. The summed E-state index contributed by atoms with van der Waals surface area (Å²) >= 11 is 0. The first kappa shape index (κ1) is 14.0. The molecule has 0 bridgehead atoms. The van der Waals surface area contributed by atoms with E-state index >= 15 is 0 Å². The summed E-state index contributed by atoms with van der Waals surface area (Å²) < 4.78 is 0. The van der Waals surface area contributed by atoms with Gasteiger partial charge in [0.1, 0.15) is 5.82 Å². The Morgan fingerprint density at radius 1 is 1.26 bits per heavy atom. The Hall–Kier alpha value is -1.39. The van der Waals surface area contributed by atoms with Crippen LogP contribution in [0.25, 0.3) is 11.0 Å². The molecule has 0 spiro atoms. The number of aromatic amines is 1. The molecular formula is C15H24N4. The number of fused-ring (bicyclic) bond motifs is 1. The number of likely N-dealkylation sites (N-methyl/N-ethyl adjacent to an activating group) is 1. The van der Waals surface area contributed by atoms with Gasteiger partial charge in [-0.1, -0.05) is 6.07 Å². The Morgan fingerprint density at radius 3 is 2.89 bits per heavy atom. The number of hydrogen-bond acceptors (Lipinski definition) is 3. The molecule has 0 fully saturated rings. The number of aromatic nitrogens is 2. The summed E-state index contributed by atoms with van der Waals surface area (Å²) in [6.07, 6.45) is 3.38. The van der Waals surface area contributed by atoms with Crippen LogP contribution in [0.3, 0.4) is 0 Å². The van der Waals surface area contributed by atoms with E-state index in [0.29, 0.717) is 0 Å². The highest BCUT2D eigenvalue weighted by atomic mass is 15.1. The zero-order chi connectivity index (χ0) is 13.7. The van der Waals surface area contributed by atoms with Gasteiger partial charge in [0.25, 0.3) is 0 Å². The number of unbranched alkanes of at least 4 members (excludes halogenated alkanes) is 1. The molecule has 1 aromatic heterocycles. The van der Waals surface area contributed by atoms with E-state index in [1.165, 1.54) is 12.0 Å². The Kier molecular flexibility index (Phi) is 4.93. The Balaban J connectivity index is 1.87. The predicted octanol–water partition coefficient (Wildman–Crippen LogP) is 2.08. The molecule has 2 aromatic rings. The number of nitrogens with zero attached hydrogens (tertiary/aromatic N) is 2. The van der Waals surface area contributed by atoms with Gasteiger partial charge in [0.15, 0.2) is 0 Å². The van der Waals surface area contributed by atoms with Crippen molar-refractivity contribution in [2.75, 3.05) is 26.7 Å². The molecule has 0 aliphatic carbocycles. The van der Waals surface area contributed by atoms with Gasteiger partial charge in [-0.25, -0.2) is 4.98 Å². The summed E-state index contributed by atoms with van der Waals surface area (Å²) in [5.41, 5.74) is 9.06. The second kappa shape index (κ2) is 6.68. The van der Waals surface area contributed by atoms with E-state index in [1.807, 2.05) is 6.92 Å². The third-order valence-electron chi connectivity index (χ3n) is 3.44. The average Bonchev–Trinajstić information content (AvgIpc) is 2.76. The number of nitrogens with one attached hydrogen (secondary N) is 1. The number of rotatable bonds is 7. The van der Waals surface area contributed by atoms with Crippen LogP contribution < -0.4 is 5.73 Å². The Labute approximate surface area is 115 Å². The van der Waals surface area contributed by atoms with Gasteiger partial charge in [-0.05, 0) is 64.0 Å². The second-order valence-electron chi connectivity index (χ2n) is 5.22. The molecule has 0 amide bonds. The van der Waals surface area contributed by atoms with Crippen molar-refractivity contribution in [1.29, 1.82) is 0 Å². The van der Waals surface area contributed by atoms with Crippen molar-refractivity contribution < 1.29 is 0 Å². The van der Waals surface area contributed by atoms with Gasteiger partial charge < -0.3 is 15.6 Å².